The molecule has 3 rings (SSSR count). The maximum atomic E-state index is 12.9. The summed E-state index contributed by atoms with van der Waals surface area (Å²) in [7, 11) is 0. The Bertz CT molecular complexity index is 779. The van der Waals surface area contributed by atoms with Gasteiger partial charge in [-0.05, 0) is 49.7 Å². The van der Waals surface area contributed by atoms with Crippen molar-refractivity contribution in [3.8, 4) is 5.75 Å². The lowest BCUT2D eigenvalue weighted by atomic mass is 10.0. The number of benzene rings is 2. The van der Waals surface area contributed by atoms with Gasteiger partial charge in [-0.3, -0.25) is 4.79 Å². The predicted octanol–water partition coefficient (Wildman–Crippen LogP) is 3.36. The largest absolute Gasteiger partial charge is 0.489 e. The van der Waals surface area contributed by atoms with Crippen LogP contribution in [0.1, 0.15) is 29.8 Å². The number of carbonyl (C=O) groups excluding carboxylic acids is 1. The van der Waals surface area contributed by atoms with Crippen molar-refractivity contribution >= 4 is 11.6 Å². The number of rotatable bonds is 6. The van der Waals surface area contributed by atoms with E-state index in [-0.39, 0.29) is 17.3 Å². The Balaban J connectivity index is 1.67. The third-order valence-corrected chi connectivity index (χ3v) is 4.22. The Morgan fingerprint density at radius 3 is 2.81 bits per heavy atom. The highest BCUT2D eigenvalue weighted by atomic mass is 19.1. The Hall–Kier alpha value is -2.60. The number of hydrogen-bond acceptors (Lipinski definition) is 4. The summed E-state index contributed by atoms with van der Waals surface area (Å²) in [6, 6.07) is 11.3. The van der Waals surface area contributed by atoms with Crippen LogP contribution < -0.4 is 15.4 Å². The van der Waals surface area contributed by atoms with Crippen molar-refractivity contribution in [2.75, 3.05) is 25.1 Å². The van der Waals surface area contributed by atoms with E-state index in [1.54, 1.807) is 30.3 Å². The Morgan fingerprint density at radius 2 is 2.08 bits per heavy atom. The summed E-state index contributed by atoms with van der Waals surface area (Å²) in [4.78, 5) is 12.4. The third kappa shape index (κ3) is 4.32. The lowest BCUT2D eigenvalue weighted by Crippen LogP contribution is -2.48. The predicted molar refractivity (Wildman–Crippen MR) is 98.0 cm³/mol. The first-order valence-electron chi connectivity index (χ1n) is 8.64. The van der Waals surface area contributed by atoms with Gasteiger partial charge in [0.05, 0.1) is 17.8 Å². The number of hydrogen-bond donors (Lipinski definition) is 2. The van der Waals surface area contributed by atoms with Crippen molar-refractivity contribution in [2.24, 2.45) is 0 Å². The van der Waals surface area contributed by atoms with Crippen molar-refractivity contribution in [3.63, 3.8) is 0 Å². The molecule has 1 amide bonds. The van der Waals surface area contributed by atoms with E-state index in [0.29, 0.717) is 37.7 Å². The second-order valence-corrected chi connectivity index (χ2v) is 6.63. The van der Waals surface area contributed by atoms with E-state index in [2.05, 4.69) is 10.6 Å². The minimum atomic E-state index is -0.341. The number of ether oxygens (including phenoxy) is 2. The van der Waals surface area contributed by atoms with Gasteiger partial charge in [-0.25, -0.2) is 4.39 Å². The lowest BCUT2D eigenvalue weighted by Gasteiger charge is -2.36. The standard InChI is InChI=1S/C20H23FN2O3/c1-3-25-12-20(2)13-26-18-9-6-15(10-17(18)23-20)19(24)22-11-14-4-7-16(21)8-5-14/h4-10,23H,3,11-13H2,1-2H3,(H,22,24). The average molecular weight is 358 g/mol. The van der Waals surface area contributed by atoms with Crippen LogP contribution in [-0.4, -0.2) is 31.3 Å². The monoisotopic (exact) mass is 358 g/mol. The third-order valence-electron chi connectivity index (χ3n) is 4.22. The van der Waals surface area contributed by atoms with E-state index >= 15 is 0 Å². The zero-order valence-corrected chi connectivity index (χ0v) is 15.0. The van der Waals surface area contributed by atoms with Crippen LogP contribution in [0, 0.1) is 5.82 Å². The molecule has 1 unspecified atom stereocenters. The molecule has 1 aliphatic rings. The summed E-state index contributed by atoms with van der Waals surface area (Å²) in [5.41, 5.74) is 1.80. The first kappa shape index (κ1) is 18.2. The molecular weight excluding hydrogens is 335 g/mol. The number of anilines is 1. The molecule has 1 atom stereocenters. The molecule has 0 radical (unpaired) electrons. The van der Waals surface area contributed by atoms with Gasteiger partial charge in [0.1, 0.15) is 18.2 Å². The summed E-state index contributed by atoms with van der Waals surface area (Å²) in [6.07, 6.45) is 0. The van der Waals surface area contributed by atoms with Gasteiger partial charge in [-0.1, -0.05) is 12.1 Å². The summed E-state index contributed by atoms with van der Waals surface area (Å²) < 4.78 is 24.3. The van der Waals surface area contributed by atoms with Crippen molar-refractivity contribution in [3.05, 3.63) is 59.4 Å². The van der Waals surface area contributed by atoms with Crippen molar-refractivity contribution in [1.82, 2.24) is 5.32 Å². The van der Waals surface area contributed by atoms with E-state index in [4.69, 9.17) is 9.47 Å². The number of carbonyl (C=O) groups is 1. The highest BCUT2D eigenvalue weighted by Crippen LogP contribution is 2.33. The molecule has 2 aromatic rings. The van der Waals surface area contributed by atoms with Crippen molar-refractivity contribution in [1.29, 1.82) is 0 Å². The van der Waals surface area contributed by atoms with Crippen LogP contribution in [0.3, 0.4) is 0 Å². The molecule has 138 valence electrons. The molecule has 1 heterocycles. The smallest absolute Gasteiger partial charge is 0.251 e. The normalized spacial score (nSPS) is 18.4. The second-order valence-electron chi connectivity index (χ2n) is 6.63. The summed E-state index contributed by atoms with van der Waals surface area (Å²) in [5.74, 6) is 0.223. The summed E-state index contributed by atoms with van der Waals surface area (Å²) in [5, 5.41) is 6.25. The average Bonchev–Trinajstić information content (AvgIpc) is 2.65. The fourth-order valence-electron chi connectivity index (χ4n) is 2.78. The number of halogens is 1. The maximum Gasteiger partial charge on any atom is 0.251 e. The Labute approximate surface area is 152 Å². The van der Waals surface area contributed by atoms with Crippen LogP contribution in [0.2, 0.25) is 0 Å². The second kappa shape index (κ2) is 7.74. The van der Waals surface area contributed by atoms with Gasteiger partial charge in [0, 0.05) is 18.7 Å². The zero-order chi connectivity index (χ0) is 18.6. The minimum absolute atomic E-state index is 0.198. The quantitative estimate of drug-likeness (QED) is 0.831. The molecule has 0 spiro atoms. The highest BCUT2D eigenvalue weighted by Gasteiger charge is 2.31. The van der Waals surface area contributed by atoms with Crippen molar-refractivity contribution < 1.29 is 18.7 Å². The molecule has 2 N–H and O–H groups in total. The summed E-state index contributed by atoms with van der Waals surface area (Å²) >= 11 is 0. The molecule has 0 aromatic heterocycles. The first-order valence-corrected chi connectivity index (χ1v) is 8.64. The zero-order valence-electron chi connectivity index (χ0n) is 15.0. The maximum absolute atomic E-state index is 12.9. The van der Waals surface area contributed by atoms with Gasteiger partial charge in [0.25, 0.3) is 5.91 Å². The Kier molecular flexibility index (Phi) is 5.42. The molecule has 0 bridgehead atoms. The van der Waals surface area contributed by atoms with E-state index < -0.39 is 0 Å². The number of fused-ring (bicyclic) bond motifs is 1. The van der Waals surface area contributed by atoms with Gasteiger partial charge in [0.15, 0.2) is 0 Å². The molecule has 5 nitrogen and oxygen atoms in total. The highest BCUT2D eigenvalue weighted by molar-refractivity contribution is 5.95. The van der Waals surface area contributed by atoms with Crippen LogP contribution >= 0.6 is 0 Å². The van der Waals surface area contributed by atoms with Gasteiger partial charge in [0.2, 0.25) is 0 Å². The SMILES string of the molecule is CCOCC1(C)COc2ccc(C(=O)NCc3ccc(F)cc3)cc2N1. The van der Waals surface area contributed by atoms with E-state index in [1.165, 1.54) is 12.1 Å². The van der Waals surface area contributed by atoms with Crippen LogP contribution in [0.4, 0.5) is 10.1 Å². The molecule has 1 aliphatic heterocycles. The topological polar surface area (TPSA) is 59.6 Å². The lowest BCUT2D eigenvalue weighted by molar-refractivity contribution is 0.0807. The van der Waals surface area contributed by atoms with Crippen LogP contribution in [-0.2, 0) is 11.3 Å². The van der Waals surface area contributed by atoms with E-state index in [9.17, 15) is 9.18 Å². The fourth-order valence-corrected chi connectivity index (χ4v) is 2.78. The molecule has 0 saturated carbocycles. The molecule has 0 fully saturated rings. The van der Waals surface area contributed by atoms with E-state index in [0.717, 1.165) is 11.3 Å². The van der Waals surface area contributed by atoms with Gasteiger partial charge >= 0.3 is 0 Å². The van der Waals surface area contributed by atoms with Crippen molar-refractivity contribution in [2.45, 2.75) is 25.9 Å². The molecule has 2 aromatic carbocycles. The summed E-state index contributed by atoms with van der Waals surface area (Å²) in [6.45, 7) is 5.95. The Morgan fingerprint density at radius 1 is 1.31 bits per heavy atom. The minimum Gasteiger partial charge on any atom is -0.489 e. The van der Waals surface area contributed by atoms with Crippen LogP contribution in [0.5, 0.6) is 5.75 Å². The van der Waals surface area contributed by atoms with E-state index in [1.807, 2.05) is 13.8 Å². The van der Waals surface area contributed by atoms with Crippen LogP contribution in [0.25, 0.3) is 0 Å². The van der Waals surface area contributed by atoms with Gasteiger partial charge < -0.3 is 20.1 Å². The first-order chi connectivity index (χ1) is 12.5. The van der Waals surface area contributed by atoms with Gasteiger partial charge in [-0.2, -0.15) is 0 Å². The molecule has 0 saturated heterocycles. The molecule has 26 heavy (non-hydrogen) atoms. The fraction of sp³-hybridized carbons (Fsp3) is 0.350. The molecule has 6 heteroatoms. The number of nitrogens with one attached hydrogen (secondary N) is 2. The van der Waals surface area contributed by atoms with Gasteiger partial charge in [-0.15, -0.1) is 0 Å². The van der Waals surface area contributed by atoms with Crippen LogP contribution in [0.15, 0.2) is 42.5 Å². The molecular formula is C20H23FN2O3. The number of amides is 1. The molecule has 0 aliphatic carbocycles.